The van der Waals surface area contributed by atoms with Crippen LogP contribution in [-0.4, -0.2) is 53.1 Å². The summed E-state index contributed by atoms with van der Waals surface area (Å²) in [6, 6.07) is 2.27. The predicted molar refractivity (Wildman–Crippen MR) is 83.0 cm³/mol. The maximum absolute atomic E-state index is 14.1. The SMILES string of the molecule is CNC1CCN(S(=O)(=O)c2cc(OC)c(OC)cc2F)C1.Cl. The monoisotopic (exact) mass is 354 g/mol. The Morgan fingerprint density at radius 2 is 1.86 bits per heavy atom. The highest BCUT2D eigenvalue weighted by Crippen LogP contribution is 2.33. The topological polar surface area (TPSA) is 67.9 Å². The average molecular weight is 355 g/mol. The van der Waals surface area contributed by atoms with Gasteiger partial charge in [-0.3, -0.25) is 0 Å². The molecule has 1 aromatic rings. The second kappa shape index (κ2) is 7.45. The first-order valence-electron chi connectivity index (χ1n) is 6.53. The van der Waals surface area contributed by atoms with Crippen molar-refractivity contribution in [2.24, 2.45) is 0 Å². The minimum absolute atomic E-state index is 0. The third kappa shape index (κ3) is 3.45. The van der Waals surface area contributed by atoms with Gasteiger partial charge in [-0.15, -0.1) is 12.4 Å². The maximum Gasteiger partial charge on any atom is 0.246 e. The fourth-order valence-corrected chi connectivity index (χ4v) is 3.92. The molecule has 0 bridgehead atoms. The lowest BCUT2D eigenvalue weighted by atomic mass is 10.3. The Morgan fingerprint density at radius 3 is 2.36 bits per heavy atom. The van der Waals surface area contributed by atoms with Gasteiger partial charge in [0.2, 0.25) is 10.0 Å². The number of nitrogens with one attached hydrogen (secondary N) is 1. The van der Waals surface area contributed by atoms with Crippen LogP contribution in [0.1, 0.15) is 6.42 Å². The van der Waals surface area contributed by atoms with E-state index in [9.17, 15) is 12.8 Å². The number of halogens is 2. The number of rotatable bonds is 5. The lowest BCUT2D eigenvalue weighted by Crippen LogP contribution is -2.33. The minimum atomic E-state index is -3.89. The highest BCUT2D eigenvalue weighted by Gasteiger charge is 2.34. The van der Waals surface area contributed by atoms with Crippen LogP contribution in [0.3, 0.4) is 0 Å². The van der Waals surface area contributed by atoms with E-state index in [4.69, 9.17) is 9.47 Å². The molecule has 1 fully saturated rings. The lowest BCUT2D eigenvalue weighted by Gasteiger charge is -2.18. The van der Waals surface area contributed by atoms with E-state index >= 15 is 0 Å². The van der Waals surface area contributed by atoms with Gasteiger partial charge in [0, 0.05) is 31.3 Å². The van der Waals surface area contributed by atoms with Crippen molar-refractivity contribution in [3.05, 3.63) is 17.9 Å². The van der Waals surface area contributed by atoms with Crippen molar-refractivity contribution < 1.29 is 22.3 Å². The van der Waals surface area contributed by atoms with Gasteiger partial charge < -0.3 is 14.8 Å². The highest BCUT2D eigenvalue weighted by atomic mass is 35.5. The van der Waals surface area contributed by atoms with Crippen molar-refractivity contribution in [1.29, 1.82) is 0 Å². The Labute approximate surface area is 136 Å². The summed E-state index contributed by atoms with van der Waals surface area (Å²) in [7, 11) is 0.627. The summed E-state index contributed by atoms with van der Waals surface area (Å²) >= 11 is 0. The lowest BCUT2D eigenvalue weighted by molar-refractivity contribution is 0.349. The van der Waals surface area contributed by atoms with Crippen LogP contribution in [0.5, 0.6) is 11.5 Å². The number of ether oxygens (including phenoxy) is 2. The summed E-state index contributed by atoms with van der Waals surface area (Å²) in [6.07, 6.45) is 0.699. The van der Waals surface area contributed by atoms with Gasteiger partial charge in [0.15, 0.2) is 11.5 Å². The molecular formula is C13H20ClFN2O4S. The third-order valence-electron chi connectivity index (χ3n) is 3.62. The van der Waals surface area contributed by atoms with Gasteiger partial charge in [-0.2, -0.15) is 4.31 Å². The molecule has 0 saturated carbocycles. The predicted octanol–water partition coefficient (Wildman–Crippen LogP) is 1.25. The molecule has 1 saturated heterocycles. The van der Waals surface area contributed by atoms with E-state index in [1.54, 1.807) is 7.05 Å². The molecule has 1 heterocycles. The molecule has 0 aliphatic carbocycles. The number of methoxy groups -OCH3 is 2. The van der Waals surface area contributed by atoms with E-state index in [0.717, 1.165) is 12.1 Å². The standard InChI is InChI=1S/C13H19FN2O4S.ClH/c1-15-9-4-5-16(8-9)21(17,18)13-7-12(20-3)11(19-2)6-10(13)14;/h6-7,9,15H,4-5,8H2,1-3H3;1H. The van der Waals surface area contributed by atoms with E-state index < -0.39 is 20.7 Å². The average Bonchev–Trinajstić information content (AvgIpc) is 2.96. The smallest absolute Gasteiger partial charge is 0.246 e. The van der Waals surface area contributed by atoms with Gasteiger partial charge in [-0.25, -0.2) is 12.8 Å². The van der Waals surface area contributed by atoms with Gasteiger partial charge in [-0.05, 0) is 13.5 Å². The first kappa shape index (κ1) is 19.0. The molecule has 0 aromatic heterocycles. The normalized spacial score (nSPS) is 18.8. The molecule has 1 aromatic carbocycles. The molecular weight excluding hydrogens is 335 g/mol. The molecule has 9 heteroatoms. The summed E-state index contributed by atoms with van der Waals surface area (Å²) < 4.78 is 50.5. The first-order valence-corrected chi connectivity index (χ1v) is 7.97. The fraction of sp³-hybridized carbons (Fsp3) is 0.538. The number of nitrogens with zero attached hydrogens (tertiary/aromatic N) is 1. The van der Waals surface area contributed by atoms with Crippen LogP contribution in [0.4, 0.5) is 4.39 Å². The van der Waals surface area contributed by atoms with Crippen LogP contribution >= 0.6 is 12.4 Å². The van der Waals surface area contributed by atoms with Gasteiger partial charge in [-0.1, -0.05) is 0 Å². The first-order chi connectivity index (χ1) is 9.93. The zero-order valence-corrected chi connectivity index (χ0v) is 14.3. The van der Waals surface area contributed by atoms with Crippen LogP contribution in [-0.2, 0) is 10.0 Å². The molecule has 0 spiro atoms. The van der Waals surface area contributed by atoms with Crippen molar-refractivity contribution in [1.82, 2.24) is 9.62 Å². The summed E-state index contributed by atoms with van der Waals surface area (Å²) in [5.74, 6) is -0.508. The van der Waals surface area contributed by atoms with Crippen LogP contribution in [0.2, 0.25) is 0 Å². The number of hydrogen-bond donors (Lipinski definition) is 1. The van der Waals surface area contributed by atoms with Gasteiger partial charge in [0.05, 0.1) is 14.2 Å². The zero-order chi connectivity index (χ0) is 15.6. The summed E-state index contributed by atoms with van der Waals surface area (Å²) in [5.41, 5.74) is 0. The Balaban J connectivity index is 0.00000242. The quantitative estimate of drug-likeness (QED) is 0.862. The minimum Gasteiger partial charge on any atom is -0.493 e. The van der Waals surface area contributed by atoms with E-state index in [0.29, 0.717) is 19.5 Å². The van der Waals surface area contributed by atoms with Crippen LogP contribution in [0.25, 0.3) is 0 Å². The Bertz CT molecular complexity index is 627. The molecule has 1 aliphatic rings. The highest BCUT2D eigenvalue weighted by molar-refractivity contribution is 7.89. The molecule has 1 aliphatic heterocycles. The molecule has 126 valence electrons. The largest absolute Gasteiger partial charge is 0.493 e. The molecule has 2 rings (SSSR count). The third-order valence-corrected chi connectivity index (χ3v) is 5.50. The van der Waals surface area contributed by atoms with Crippen molar-refractivity contribution in [3.63, 3.8) is 0 Å². The fourth-order valence-electron chi connectivity index (χ4n) is 2.35. The van der Waals surface area contributed by atoms with Crippen molar-refractivity contribution in [2.75, 3.05) is 34.4 Å². The second-order valence-corrected chi connectivity index (χ2v) is 6.68. The molecule has 1 N–H and O–H groups in total. The maximum atomic E-state index is 14.1. The number of sulfonamides is 1. The van der Waals surface area contributed by atoms with Crippen molar-refractivity contribution in [3.8, 4) is 11.5 Å². The van der Waals surface area contributed by atoms with Crippen molar-refractivity contribution >= 4 is 22.4 Å². The number of likely N-dealkylation sites (N-methyl/N-ethyl adjacent to an activating group) is 1. The summed E-state index contributed by atoms with van der Waals surface area (Å²) in [4.78, 5) is -0.392. The molecule has 0 amide bonds. The Hall–Kier alpha value is -1.09. The van der Waals surface area contributed by atoms with E-state index in [1.807, 2.05) is 0 Å². The number of hydrogen-bond acceptors (Lipinski definition) is 5. The molecule has 1 atom stereocenters. The van der Waals surface area contributed by atoms with E-state index in [1.165, 1.54) is 18.5 Å². The molecule has 22 heavy (non-hydrogen) atoms. The molecule has 0 radical (unpaired) electrons. The van der Waals surface area contributed by atoms with E-state index in [2.05, 4.69) is 5.32 Å². The Kier molecular flexibility index (Phi) is 6.42. The summed E-state index contributed by atoms with van der Waals surface area (Å²) in [6.45, 7) is 0.689. The van der Waals surface area contributed by atoms with Gasteiger partial charge in [0.25, 0.3) is 0 Å². The van der Waals surface area contributed by atoms with Crippen LogP contribution in [0.15, 0.2) is 17.0 Å². The zero-order valence-electron chi connectivity index (χ0n) is 12.6. The second-order valence-electron chi connectivity index (χ2n) is 4.77. The van der Waals surface area contributed by atoms with Gasteiger partial charge in [0.1, 0.15) is 10.7 Å². The summed E-state index contributed by atoms with van der Waals surface area (Å²) in [5, 5.41) is 3.03. The molecule has 6 nitrogen and oxygen atoms in total. The van der Waals surface area contributed by atoms with Gasteiger partial charge >= 0.3 is 0 Å². The van der Waals surface area contributed by atoms with Crippen LogP contribution in [0, 0.1) is 5.82 Å². The van der Waals surface area contributed by atoms with Crippen LogP contribution < -0.4 is 14.8 Å². The molecule has 1 unspecified atom stereocenters. The Morgan fingerprint density at radius 1 is 1.27 bits per heavy atom. The van der Waals surface area contributed by atoms with E-state index in [-0.39, 0.29) is 29.9 Å². The van der Waals surface area contributed by atoms with Crippen molar-refractivity contribution in [2.45, 2.75) is 17.4 Å². The number of benzene rings is 1.